The largest absolute Gasteiger partial charge is 0.486 e. The van der Waals surface area contributed by atoms with Crippen molar-refractivity contribution >= 4 is 5.97 Å². The normalized spacial score (nSPS) is 11.1. The van der Waals surface area contributed by atoms with Crippen LogP contribution < -0.4 is 4.74 Å². The predicted octanol–water partition coefficient (Wildman–Crippen LogP) is 2.71. The fourth-order valence-corrected chi connectivity index (χ4v) is 1.30. The van der Waals surface area contributed by atoms with Gasteiger partial charge in [0.05, 0.1) is 7.11 Å². The molecular formula is C13H15FO3. The minimum Gasteiger partial charge on any atom is -0.486 e. The van der Waals surface area contributed by atoms with E-state index in [1.54, 1.807) is 18.2 Å². The number of esters is 1. The Morgan fingerprint density at radius 2 is 2.12 bits per heavy atom. The maximum absolute atomic E-state index is 13.2. The third-order valence-corrected chi connectivity index (χ3v) is 2.23. The lowest BCUT2D eigenvalue weighted by Gasteiger charge is -2.05. The van der Waals surface area contributed by atoms with Crippen LogP contribution >= 0.6 is 0 Å². The molecule has 1 aromatic carbocycles. The lowest BCUT2D eigenvalue weighted by Crippen LogP contribution is -2.06. The van der Waals surface area contributed by atoms with E-state index >= 15 is 0 Å². The minimum atomic E-state index is -0.419. The van der Waals surface area contributed by atoms with Crippen molar-refractivity contribution in [1.82, 2.24) is 0 Å². The van der Waals surface area contributed by atoms with Gasteiger partial charge in [0.25, 0.3) is 0 Å². The van der Waals surface area contributed by atoms with Gasteiger partial charge in [-0.1, -0.05) is 19.1 Å². The van der Waals surface area contributed by atoms with Crippen LogP contribution in [0.1, 0.15) is 13.3 Å². The van der Waals surface area contributed by atoms with Gasteiger partial charge in [0.2, 0.25) is 0 Å². The number of halogens is 1. The van der Waals surface area contributed by atoms with Gasteiger partial charge in [-0.2, -0.15) is 0 Å². The Balaban J connectivity index is 2.59. The number of para-hydroxylation sites is 1. The molecule has 0 aromatic heterocycles. The summed E-state index contributed by atoms with van der Waals surface area (Å²) >= 11 is 0. The second-order valence-electron chi connectivity index (χ2n) is 3.32. The molecule has 1 rings (SSSR count). The first-order valence-corrected chi connectivity index (χ1v) is 5.33. The second kappa shape index (κ2) is 6.68. The summed E-state index contributed by atoms with van der Waals surface area (Å²) in [6.45, 7) is 1.98. The van der Waals surface area contributed by atoms with Gasteiger partial charge < -0.3 is 9.47 Å². The Morgan fingerprint density at radius 3 is 2.71 bits per heavy atom. The number of ether oxygens (including phenoxy) is 2. The van der Waals surface area contributed by atoms with Crippen LogP contribution in [0.25, 0.3) is 0 Å². The first-order chi connectivity index (χ1) is 8.19. The molecular weight excluding hydrogens is 223 g/mol. The summed E-state index contributed by atoms with van der Waals surface area (Å²) < 4.78 is 23.0. The van der Waals surface area contributed by atoms with E-state index in [0.717, 1.165) is 0 Å². The van der Waals surface area contributed by atoms with Crippen LogP contribution in [0.3, 0.4) is 0 Å². The van der Waals surface area contributed by atoms with Gasteiger partial charge in [0.1, 0.15) is 6.61 Å². The molecule has 0 aliphatic carbocycles. The molecule has 0 bridgehead atoms. The van der Waals surface area contributed by atoms with Crippen molar-refractivity contribution in [2.75, 3.05) is 13.7 Å². The summed E-state index contributed by atoms with van der Waals surface area (Å²) in [5, 5.41) is 0. The van der Waals surface area contributed by atoms with Crippen molar-refractivity contribution in [2.45, 2.75) is 13.3 Å². The van der Waals surface area contributed by atoms with Crippen LogP contribution in [0.15, 0.2) is 35.9 Å². The second-order valence-corrected chi connectivity index (χ2v) is 3.32. The molecule has 17 heavy (non-hydrogen) atoms. The Labute approximate surface area is 99.9 Å². The van der Waals surface area contributed by atoms with Crippen LogP contribution in [-0.2, 0) is 9.53 Å². The lowest BCUT2D eigenvalue weighted by atomic mass is 10.2. The van der Waals surface area contributed by atoms with E-state index in [0.29, 0.717) is 12.0 Å². The van der Waals surface area contributed by atoms with E-state index in [-0.39, 0.29) is 18.3 Å². The Kier molecular flexibility index (Phi) is 5.20. The molecule has 0 aliphatic heterocycles. The van der Waals surface area contributed by atoms with Gasteiger partial charge in [0.15, 0.2) is 11.6 Å². The molecule has 92 valence electrons. The van der Waals surface area contributed by atoms with E-state index in [2.05, 4.69) is 4.74 Å². The summed E-state index contributed by atoms with van der Waals surface area (Å²) in [4.78, 5) is 11.2. The Bertz CT molecular complexity index is 413. The quantitative estimate of drug-likeness (QED) is 0.584. The maximum Gasteiger partial charge on any atom is 0.333 e. The molecule has 0 fully saturated rings. The standard InChI is InChI=1S/C13H15FO3/c1-3-10(13(15)16-2)8-9-17-12-7-5-4-6-11(12)14/h4-8H,3,9H2,1-2H3. The van der Waals surface area contributed by atoms with Crippen molar-refractivity contribution in [3.8, 4) is 5.75 Å². The van der Waals surface area contributed by atoms with Gasteiger partial charge in [-0.15, -0.1) is 0 Å². The summed E-state index contributed by atoms with van der Waals surface area (Å²) in [5.41, 5.74) is 0.517. The van der Waals surface area contributed by atoms with Gasteiger partial charge in [0, 0.05) is 5.57 Å². The molecule has 0 radical (unpaired) electrons. The van der Waals surface area contributed by atoms with Gasteiger partial charge in [-0.25, -0.2) is 9.18 Å². The SMILES string of the molecule is CCC(=CCOc1ccccc1F)C(=O)OC. The van der Waals surface area contributed by atoms with Crippen LogP contribution in [0.4, 0.5) is 4.39 Å². The molecule has 0 aliphatic rings. The minimum absolute atomic E-state index is 0.138. The predicted molar refractivity (Wildman–Crippen MR) is 62.3 cm³/mol. The highest BCUT2D eigenvalue weighted by atomic mass is 19.1. The molecule has 0 saturated carbocycles. The molecule has 0 unspecified atom stereocenters. The summed E-state index contributed by atoms with van der Waals surface area (Å²) in [6, 6.07) is 6.13. The van der Waals surface area contributed by atoms with Gasteiger partial charge in [-0.3, -0.25) is 0 Å². The van der Waals surface area contributed by atoms with Crippen LogP contribution in [0.2, 0.25) is 0 Å². The van der Waals surface area contributed by atoms with Crippen molar-refractivity contribution in [1.29, 1.82) is 0 Å². The first-order valence-electron chi connectivity index (χ1n) is 5.33. The van der Waals surface area contributed by atoms with E-state index in [9.17, 15) is 9.18 Å². The number of hydrogen-bond acceptors (Lipinski definition) is 3. The Morgan fingerprint density at radius 1 is 1.41 bits per heavy atom. The summed E-state index contributed by atoms with van der Waals surface area (Å²) in [5.74, 6) is -0.634. The monoisotopic (exact) mass is 238 g/mol. The van der Waals surface area contributed by atoms with E-state index in [4.69, 9.17) is 4.74 Å². The maximum atomic E-state index is 13.2. The zero-order valence-corrected chi connectivity index (χ0v) is 9.90. The summed E-state index contributed by atoms with van der Waals surface area (Å²) in [7, 11) is 1.32. The smallest absolute Gasteiger partial charge is 0.333 e. The Hall–Kier alpha value is -1.84. The molecule has 0 atom stereocenters. The fourth-order valence-electron chi connectivity index (χ4n) is 1.30. The molecule has 1 aromatic rings. The van der Waals surface area contributed by atoms with E-state index in [1.807, 2.05) is 6.92 Å². The van der Waals surface area contributed by atoms with Crippen LogP contribution in [-0.4, -0.2) is 19.7 Å². The van der Waals surface area contributed by atoms with E-state index < -0.39 is 5.82 Å². The average molecular weight is 238 g/mol. The number of hydrogen-bond donors (Lipinski definition) is 0. The lowest BCUT2D eigenvalue weighted by molar-refractivity contribution is -0.136. The van der Waals surface area contributed by atoms with Crippen molar-refractivity contribution < 1.29 is 18.7 Å². The fraction of sp³-hybridized carbons (Fsp3) is 0.308. The average Bonchev–Trinajstić information content (AvgIpc) is 2.36. The molecule has 3 nitrogen and oxygen atoms in total. The molecule has 0 amide bonds. The third kappa shape index (κ3) is 3.90. The van der Waals surface area contributed by atoms with Crippen LogP contribution in [0, 0.1) is 5.82 Å². The van der Waals surface area contributed by atoms with Crippen LogP contribution in [0.5, 0.6) is 5.75 Å². The number of methoxy groups -OCH3 is 1. The van der Waals surface area contributed by atoms with E-state index in [1.165, 1.54) is 19.2 Å². The van der Waals surface area contributed by atoms with Crippen molar-refractivity contribution in [3.05, 3.63) is 41.7 Å². The molecule has 0 spiro atoms. The molecule has 0 saturated heterocycles. The van der Waals surface area contributed by atoms with Gasteiger partial charge in [-0.05, 0) is 24.6 Å². The molecule has 4 heteroatoms. The number of carbonyl (C=O) groups is 1. The highest BCUT2D eigenvalue weighted by molar-refractivity contribution is 5.88. The third-order valence-electron chi connectivity index (χ3n) is 2.23. The first kappa shape index (κ1) is 13.2. The topological polar surface area (TPSA) is 35.5 Å². The van der Waals surface area contributed by atoms with Crippen molar-refractivity contribution in [3.63, 3.8) is 0 Å². The zero-order chi connectivity index (χ0) is 12.7. The number of benzene rings is 1. The molecule has 0 N–H and O–H groups in total. The number of rotatable bonds is 5. The highest BCUT2D eigenvalue weighted by Gasteiger charge is 2.06. The summed E-state index contributed by atoms with van der Waals surface area (Å²) in [6.07, 6.45) is 2.14. The highest BCUT2D eigenvalue weighted by Crippen LogP contribution is 2.15. The zero-order valence-electron chi connectivity index (χ0n) is 9.90. The molecule has 0 heterocycles. The number of carbonyl (C=O) groups excluding carboxylic acids is 1. The van der Waals surface area contributed by atoms with Crippen molar-refractivity contribution in [2.24, 2.45) is 0 Å². The van der Waals surface area contributed by atoms with Gasteiger partial charge >= 0.3 is 5.97 Å².